The number of fused-ring (bicyclic) bond motifs is 1. The maximum Gasteiger partial charge on any atom is 0.271 e. The molecular formula is C16H16N4OS. The predicted molar refractivity (Wildman–Crippen MR) is 87.0 cm³/mol. The number of amides is 1. The maximum atomic E-state index is 11.9. The van der Waals surface area contributed by atoms with Crippen LogP contribution in [0.15, 0.2) is 36.7 Å². The van der Waals surface area contributed by atoms with Crippen molar-refractivity contribution in [2.75, 3.05) is 6.54 Å². The fourth-order valence-electron chi connectivity index (χ4n) is 2.07. The molecule has 3 rings (SSSR count). The molecule has 22 heavy (non-hydrogen) atoms. The number of aryl methyl sites for hydroxylation is 2. The van der Waals surface area contributed by atoms with E-state index in [1.165, 1.54) is 10.9 Å². The van der Waals surface area contributed by atoms with Gasteiger partial charge < -0.3 is 5.32 Å². The van der Waals surface area contributed by atoms with Gasteiger partial charge in [0.1, 0.15) is 5.69 Å². The van der Waals surface area contributed by atoms with E-state index in [4.69, 9.17) is 0 Å². The molecule has 0 unspecified atom stereocenters. The Kier molecular flexibility index (Phi) is 4.39. The summed E-state index contributed by atoms with van der Waals surface area (Å²) < 4.78 is 1.21. The van der Waals surface area contributed by atoms with Gasteiger partial charge >= 0.3 is 0 Å². The number of carbonyl (C=O) groups excluding carboxylic acids is 1. The SMILES string of the molecule is Cc1cnc(C(=O)NCCCc2nc3ccccc3s2)cn1. The van der Waals surface area contributed by atoms with Crippen LogP contribution in [-0.4, -0.2) is 27.4 Å². The van der Waals surface area contributed by atoms with Gasteiger partial charge in [0.2, 0.25) is 0 Å². The van der Waals surface area contributed by atoms with E-state index in [1.807, 2.05) is 25.1 Å². The van der Waals surface area contributed by atoms with Crippen LogP contribution in [0.2, 0.25) is 0 Å². The monoisotopic (exact) mass is 312 g/mol. The second-order valence-electron chi connectivity index (χ2n) is 4.98. The highest BCUT2D eigenvalue weighted by Gasteiger charge is 2.07. The number of benzene rings is 1. The number of nitrogens with zero attached hydrogens (tertiary/aromatic N) is 3. The summed E-state index contributed by atoms with van der Waals surface area (Å²) in [5.41, 5.74) is 2.19. The summed E-state index contributed by atoms with van der Waals surface area (Å²) in [6.45, 7) is 2.44. The van der Waals surface area contributed by atoms with Gasteiger partial charge in [0, 0.05) is 19.2 Å². The minimum atomic E-state index is -0.184. The predicted octanol–water partition coefficient (Wildman–Crippen LogP) is 2.76. The standard InChI is InChI=1S/C16H16N4OS/c1-11-9-19-13(10-18-11)16(21)17-8-4-7-15-20-12-5-2-3-6-14(12)22-15/h2-3,5-6,9-10H,4,7-8H2,1H3,(H,17,21). The Bertz CT molecular complexity index is 749. The molecule has 0 aliphatic heterocycles. The number of hydrogen-bond donors (Lipinski definition) is 1. The molecule has 0 aliphatic carbocycles. The number of aromatic nitrogens is 3. The Balaban J connectivity index is 1.49. The Morgan fingerprint density at radius 2 is 2.09 bits per heavy atom. The first-order valence-corrected chi connectivity index (χ1v) is 7.95. The summed E-state index contributed by atoms with van der Waals surface area (Å²) in [4.78, 5) is 24.6. The number of carbonyl (C=O) groups is 1. The zero-order valence-electron chi connectivity index (χ0n) is 12.2. The fourth-order valence-corrected chi connectivity index (χ4v) is 3.08. The largest absolute Gasteiger partial charge is 0.351 e. The molecule has 0 saturated heterocycles. The highest BCUT2D eigenvalue weighted by molar-refractivity contribution is 7.18. The van der Waals surface area contributed by atoms with Crippen LogP contribution in [0.4, 0.5) is 0 Å². The average molecular weight is 312 g/mol. The summed E-state index contributed by atoms with van der Waals surface area (Å²) in [7, 11) is 0. The van der Waals surface area contributed by atoms with Crippen molar-refractivity contribution in [1.29, 1.82) is 0 Å². The van der Waals surface area contributed by atoms with Crippen LogP contribution in [0.25, 0.3) is 10.2 Å². The fraction of sp³-hybridized carbons (Fsp3) is 0.250. The third-order valence-electron chi connectivity index (χ3n) is 3.20. The molecule has 0 saturated carbocycles. The molecular weight excluding hydrogens is 296 g/mol. The van der Waals surface area contributed by atoms with Crippen LogP contribution in [0, 0.1) is 6.92 Å². The molecule has 0 atom stereocenters. The molecule has 0 fully saturated rings. The second-order valence-corrected chi connectivity index (χ2v) is 6.09. The van der Waals surface area contributed by atoms with E-state index in [0.29, 0.717) is 12.2 Å². The Morgan fingerprint density at radius 3 is 2.86 bits per heavy atom. The summed E-state index contributed by atoms with van der Waals surface area (Å²) in [5.74, 6) is -0.184. The van der Waals surface area contributed by atoms with E-state index in [2.05, 4.69) is 26.3 Å². The molecule has 1 aromatic carbocycles. The maximum absolute atomic E-state index is 11.9. The van der Waals surface area contributed by atoms with Crippen molar-refractivity contribution in [2.24, 2.45) is 0 Å². The van der Waals surface area contributed by atoms with Crippen LogP contribution in [-0.2, 0) is 6.42 Å². The number of thiazole rings is 1. The van der Waals surface area contributed by atoms with Crippen LogP contribution in [0.1, 0.15) is 27.6 Å². The van der Waals surface area contributed by atoms with Crippen molar-refractivity contribution in [3.05, 3.63) is 53.1 Å². The summed E-state index contributed by atoms with van der Waals surface area (Å²) in [6.07, 6.45) is 4.80. The molecule has 5 nitrogen and oxygen atoms in total. The minimum absolute atomic E-state index is 0.184. The van der Waals surface area contributed by atoms with Gasteiger partial charge in [-0.2, -0.15) is 0 Å². The van der Waals surface area contributed by atoms with Crippen molar-refractivity contribution in [3.8, 4) is 0 Å². The first-order valence-electron chi connectivity index (χ1n) is 7.14. The van der Waals surface area contributed by atoms with Crippen LogP contribution in [0.3, 0.4) is 0 Å². The summed E-state index contributed by atoms with van der Waals surface area (Å²) in [6, 6.07) is 8.11. The molecule has 0 radical (unpaired) electrons. The number of rotatable bonds is 5. The number of nitrogens with one attached hydrogen (secondary N) is 1. The third-order valence-corrected chi connectivity index (χ3v) is 4.30. The average Bonchev–Trinajstić information content (AvgIpc) is 2.95. The van der Waals surface area contributed by atoms with Crippen LogP contribution >= 0.6 is 11.3 Å². The Labute approximate surface area is 132 Å². The van der Waals surface area contributed by atoms with Crippen molar-refractivity contribution in [1.82, 2.24) is 20.3 Å². The van der Waals surface area contributed by atoms with Crippen molar-refractivity contribution >= 4 is 27.5 Å². The van der Waals surface area contributed by atoms with Gasteiger partial charge in [-0.3, -0.25) is 9.78 Å². The molecule has 3 aromatic rings. The summed E-state index contributed by atoms with van der Waals surface area (Å²) in [5, 5.41) is 3.96. The molecule has 2 heterocycles. The van der Waals surface area contributed by atoms with E-state index in [0.717, 1.165) is 29.1 Å². The van der Waals surface area contributed by atoms with Gasteiger partial charge in [0.25, 0.3) is 5.91 Å². The quantitative estimate of drug-likeness (QED) is 0.736. The molecule has 0 bridgehead atoms. The van der Waals surface area contributed by atoms with Gasteiger partial charge in [-0.1, -0.05) is 12.1 Å². The molecule has 0 aliphatic rings. The highest BCUT2D eigenvalue weighted by Crippen LogP contribution is 2.22. The third kappa shape index (κ3) is 3.46. The lowest BCUT2D eigenvalue weighted by atomic mass is 10.3. The first-order chi connectivity index (χ1) is 10.7. The highest BCUT2D eigenvalue weighted by atomic mass is 32.1. The smallest absolute Gasteiger partial charge is 0.271 e. The van der Waals surface area contributed by atoms with E-state index >= 15 is 0 Å². The van der Waals surface area contributed by atoms with E-state index in [-0.39, 0.29) is 5.91 Å². The minimum Gasteiger partial charge on any atom is -0.351 e. The molecule has 0 spiro atoms. The van der Waals surface area contributed by atoms with E-state index < -0.39 is 0 Å². The zero-order chi connectivity index (χ0) is 15.4. The molecule has 1 amide bonds. The topological polar surface area (TPSA) is 67.8 Å². The number of hydrogen-bond acceptors (Lipinski definition) is 5. The lowest BCUT2D eigenvalue weighted by molar-refractivity contribution is 0.0948. The van der Waals surface area contributed by atoms with Crippen molar-refractivity contribution < 1.29 is 4.79 Å². The van der Waals surface area contributed by atoms with Crippen molar-refractivity contribution in [3.63, 3.8) is 0 Å². The van der Waals surface area contributed by atoms with Gasteiger partial charge in [0.15, 0.2) is 0 Å². The van der Waals surface area contributed by atoms with E-state index in [9.17, 15) is 4.79 Å². The van der Waals surface area contributed by atoms with Crippen molar-refractivity contribution in [2.45, 2.75) is 19.8 Å². The molecule has 2 aromatic heterocycles. The normalized spacial score (nSPS) is 10.8. The molecule has 6 heteroatoms. The van der Waals surface area contributed by atoms with Crippen LogP contribution in [0.5, 0.6) is 0 Å². The van der Waals surface area contributed by atoms with Gasteiger partial charge in [0.05, 0.1) is 27.1 Å². The number of para-hydroxylation sites is 1. The van der Waals surface area contributed by atoms with Gasteiger partial charge in [-0.15, -0.1) is 11.3 Å². The zero-order valence-corrected chi connectivity index (χ0v) is 13.1. The van der Waals surface area contributed by atoms with Gasteiger partial charge in [-0.25, -0.2) is 9.97 Å². The summed E-state index contributed by atoms with van der Waals surface area (Å²) >= 11 is 1.71. The Morgan fingerprint density at radius 1 is 1.23 bits per heavy atom. The molecule has 1 N–H and O–H groups in total. The Hall–Kier alpha value is -2.34. The van der Waals surface area contributed by atoms with Crippen LogP contribution < -0.4 is 5.32 Å². The van der Waals surface area contributed by atoms with Gasteiger partial charge in [-0.05, 0) is 25.5 Å². The lowest BCUT2D eigenvalue weighted by Gasteiger charge is -2.03. The second kappa shape index (κ2) is 6.62. The van der Waals surface area contributed by atoms with E-state index in [1.54, 1.807) is 17.5 Å². The lowest BCUT2D eigenvalue weighted by Crippen LogP contribution is -2.25. The first kappa shape index (κ1) is 14.6. The molecule has 112 valence electrons.